The molecular formula is C6H17NO7P2. The van der Waals surface area contributed by atoms with Crippen LogP contribution in [-0.4, -0.2) is 42.3 Å². The van der Waals surface area contributed by atoms with Gasteiger partial charge in [0.2, 0.25) is 0 Å². The third-order valence-corrected chi connectivity index (χ3v) is 5.82. The fraction of sp³-hybridized carbons (Fsp3) is 1.00. The van der Waals surface area contributed by atoms with Crippen molar-refractivity contribution in [3.8, 4) is 0 Å². The van der Waals surface area contributed by atoms with E-state index in [0.29, 0.717) is 0 Å². The largest absolute Gasteiger partial charge is 0.369 e. The molecule has 0 aliphatic carbocycles. The van der Waals surface area contributed by atoms with Gasteiger partial charge in [-0.2, -0.15) is 0 Å². The molecule has 0 aromatic heterocycles. The highest BCUT2D eigenvalue weighted by Crippen LogP contribution is 2.68. The van der Waals surface area contributed by atoms with Crippen LogP contribution in [-0.2, 0) is 9.13 Å². The average Bonchev–Trinajstić information content (AvgIpc) is 1.98. The smallest absolute Gasteiger partial charge is 0.367 e. The molecule has 0 heterocycles. The van der Waals surface area contributed by atoms with E-state index in [4.69, 9.17) is 19.6 Å². The van der Waals surface area contributed by atoms with Crippen LogP contribution in [0.4, 0.5) is 0 Å². The summed E-state index contributed by atoms with van der Waals surface area (Å²) in [6.07, 6.45) is -0.736. The molecule has 0 spiro atoms. The summed E-state index contributed by atoms with van der Waals surface area (Å²) in [7, 11) is -10.6. The Balaban J connectivity index is 4.86. The maximum absolute atomic E-state index is 10.9. The Bertz CT molecular complexity index is 297. The van der Waals surface area contributed by atoms with Gasteiger partial charge in [-0.25, -0.2) is 0 Å². The lowest BCUT2D eigenvalue weighted by atomic mass is 10.3. The first-order valence-corrected chi connectivity index (χ1v) is 7.71. The summed E-state index contributed by atoms with van der Waals surface area (Å²) >= 11 is 0. The van der Waals surface area contributed by atoms with Crippen LogP contribution >= 0.6 is 15.2 Å². The minimum atomic E-state index is -5.32. The van der Waals surface area contributed by atoms with Crippen LogP contribution in [0.3, 0.4) is 0 Å². The van der Waals surface area contributed by atoms with Crippen molar-refractivity contribution < 1.29 is 33.8 Å². The molecule has 0 aromatic carbocycles. The van der Waals surface area contributed by atoms with E-state index in [1.54, 1.807) is 13.8 Å². The molecule has 0 aromatic rings. The zero-order valence-electron chi connectivity index (χ0n) is 8.94. The number of hydrogen-bond donors (Lipinski definition) is 6. The van der Waals surface area contributed by atoms with Crippen LogP contribution in [0.15, 0.2) is 0 Å². The van der Waals surface area contributed by atoms with Gasteiger partial charge in [0.1, 0.15) is 0 Å². The number of hydrogen-bond acceptors (Lipinski definition) is 4. The lowest BCUT2D eigenvalue weighted by molar-refractivity contribution is 0.122. The molecule has 0 amide bonds. The van der Waals surface area contributed by atoms with Gasteiger partial charge in [0.25, 0.3) is 5.08 Å². The van der Waals surface area contributed by atoms with Crippen LogP contribution in [0, 0.1) is 0 Å². The Hall–Kier alpha value is 0.220. The van der Waals surface area contributed by atoms with Crippen molar-refractivity contribution in [2.24, 2.45) is 0 Å². The summed E-state index contributed by atoms with van der Waals surface area (Å²) in [5, 5.41) is 8.81. The molecule has 0 unspecified atom stereocenters. The molecule has 0 radical (unpaired) electrons. The summed E-state index contributed by atoms with van der Waals surface area (Å²) in [5.41, 5.74) is 0. The maximum Gasteiger partial charge on any atom is 0.369 e. The zero-order valence-corrected chi connectivity index (χ0v) is 10.7. The standard InChI is InChI=1S/C6H17NO7P2/c1-5(2)7-4-3-6(8,15(9,10)11)16(12,13)14/h5,7-8H,3-4H2,1-2H3,(H2,9,10,11)(H2,12,13,14). The predicted octanol–water partition coefficient (Wildman–Crippen LogP) is -0.624. The van der Waals surface area contributed by atoms with Crippen LogP contribution in [0.1, 0.15) is 20.3 Å². The van der Waals surface area contributed by atoms with Crippen molar-refractivity contribution >= 4 is 15.2 Å². The first-order chi connectivity index (χ1) is 6.92. The summed E-state index contributed by atoms with van der Waals surface area (Å²) < 4.78 is 21.8. The van der Waals surface area contributed by atoms with Gasteiger partial charge in [0.15, 0.2) is 0 Å². The van der Waals surface area contributed by atoms with Gasteiger partial charge in [-0.15, -0.1) is 0 Å². The second kappa shape index (κ2) is 5.25. The fourth-order valence-electron chi connectivity index (χ4n) is 0.990. The predicted molar refractivity (Wildman–Crippen MR) is 56.8 cm³/mol. The maximum atomic E-state index is 10.9. The molecule has 0 saturated heterocycles. The van der Waals surface area contributed by atoms with E-state index < -0.39 is 26.7 Å². The molecule has 6 N–H and O–H groups in total. The highest BCUT2D eigenvalue weighted by Gasteiger charge is 2.58. The first kappa shape index (κ1) is 16.2. The lowest BCUT2D eigenvalue weighted by Gasteiger charge is -2.29. The van der Waals surface area contributed by atoms with Gasteiger partial charge < -0.3 is 30.0 Å². The van der Waals surface area contributed by atoms with Gasteiger partial charge in [0, 0.05) is 12.5 Å². The molecule has 0 saturated carbocycles. The monoisotopic (exact) mass is 277 g/mol. The van der Waals surface area contributed by atoms with E-state index in [-0.39, 0.29) is 12.6 Å². The van der Waals surface area contributed by atoms with E-state index in [1.807, 2.05) is 0 Å². The first-order valence-electron chi connectivity index (χ1n) is 4.49. The molecule has 16 heavy (non-hydrogen) atoms. The summed E-state index contributed by atoms with van der Waals surface area (Å²) in [6, 6.07) is -0.0298. The molecule has 98 valence electrons. The van der Waals surface area contributed by atoms with E-state index >= 15 is 0 Å². The van der Waals surface area contributed by atoms with Crippen molar-refractivity contribution in [2.75, 3.05) is 6.54 Å². The van der Waals surface area contributed by atoms with Crippen molar-refractivity contribution in [3.05, 3.63) is 0 Å². The normalized spacial score (nSPS) is 14.5. The van der Waals surface area contributed by atoms with E-state index in [0.717, 1.165) is 0 Å². The highest BCUT2D eigenvalue weighted by molar-refractivity contribution is 7.72. The Morgan fingerprint density at radius 1 is 1.12 bits per heavy atom. The van der Waals surface area contributed by atoms with Crippen molar-refractivity contribution in [1.82, 2.24) is 5.32 Å². The Morgan fingerprint density at radius 2 is 1.50 bits per heavy atom. The van der Waals surface area contributed by atoms with Gasteiger partial charge in [0.05, 0.1) is 0 Å². The number of aliphatic hydroxyl groups is 1. The SMILES string of the molecule is CC(C)NCCC(O)(P(=O)(O)O)P(=O)(O)O. The fourth-order valence-corrected chi connectivity index (χ4v) is 3.15. The third kappa shape index (κ3) is 3.91. The Kier molecular flexibility index (Phi) is 5.32. The zero-order chi connectivity index (χ0) is 13.2. The Labute approximate surface area is 93.0 Å². The summed E-state index contributed by atoms with van der Waals surface area (Å²) in [5.74, 6) is 0. The van der Waals surface area contributed by atoms with Gasteiger partial charge >= 0.3 is 15.2 Å². The minimum absolute atomic E-state index is 0.0298. The number of nitrogens with one attached hydrogen (secondary N) is 1. The number of rotatable bonds is 6. The molecule has 0 atom stereocenters. The molecular weight excluding hydrogens is 260 g/mol. The van der Waals surface area contributed by atoms with Gasteiger partial charge in [-0.1, -0.05) is 13.8 Å². The molecule has 0 fully saturated rings. The van der Waals surface area contributed by atoms with Crippen molar-refractivity contribution in [2.45, 2.75) is 31.4 Å². The van der Waals surface area contributed by atoms with Crippen LogP contribution in [0.5, 0.6) is 0 Å². The average molecular weight is 277 g/mol. The lowest BCUT2D eigenvalue weighted by Crippen LogP contribution is -2.35. The highest BCUT2D eigenvalue weighted by atomic mass is 31.2. The second-order valence-corrected chi connectivity index (χ2v) is 7.73. The minimum Gasteiger partial charge on any atom is -0.367 e. The van der Waals surface area contributed by atoms with Crippen LogP contribution in [0.25, 0.3) is 0 Å². The molecule has 0 aliphatic heterocycles. The van der Waals surface area contributed by atoms with Crippen molar-refractivity contribution in [1.29, 1.82) is 0 Å². The molecule has 0 rings (SSSR count). The molecule has 10 heteroatoms. The quantitative estimate of drug-likeness (QED) is 0.352. The van der Waals surface area contributed by atoms with Gasteiger partial charge in [-0.3, -0.25) is 9.13 Å². The van der Waals surface area contributed by atoms with E-state index in [1.165, 1.54) is 0 Å². The summed E-state index contributed by atoms with van der Waals surface area (Å²) in [6.45, 7) is 3.37. The Morgan fingerprint density at radius 3 is 1.75 bits per heavy atom. The van der Waals surface area contributed by atoms with E-state index in [2.05, 4.69) is 5.32 Å². The second-order valence-electron chi connectivity index (χ2n) is 3.72. The third-order valence-electron chi connectivity index (χ3n) is 1.95. The van der Waals surface area contributed by atoms with Gasteiger partial charge in [-0.05, 0) is 6.54 Å². The topological polar surface area (TPSA) is 147 Å². The molecule has 0 aliphatic rings. The van der Waals surface area contributed by atoms with E-state index in [9.17, 15) is 14.2 Å². The molecule has 0 bridgehead atoms. The summed E-state index contributed by atoms with van der Waals surface area (Å²) in [4.78, 5) is 35.1. The van der Waals surface area contributed by atoms with Crippen molar-refractivity contribution in [3.63, 3.8) is 0 Å². The van der Waals surface area contributed by atoms with Crippen LogP contribution < -0.4 is 5.32 Å². The molecule has 8 nitrogen and oxygen atoms in total. The van der Waals surface area contributed by atoms with Crippen LogP contribution in [0.2, 0.25) is 0 Å².